The summed E-state index contributed by atoms with van der Waals surface area (Å²) < 4.78 is 164. The Balaban J connectivity index is -0.000000437. The summed E-state index contributed by atoms with van der Waals surface area (Å²) in [5.74, 6) is 2.66. The monoisotopic (exact) mass is 1160 g/mol. The molecular formula is C36H36B4F16Fe2N14O2+2. The molecule has 6 N–H and O–H groups in total. The van der Waals surface area contributed by atoms with Gasteiger partial charge in [0.2, 0.25) is 23.3 Å². The first-order valence-corrected chi connectivity index (χ1v) is 18.6. The van der Waals surface area contributed by atoms with Gasteiger partial charge in [0.25, 0.3) is 0 Å². The standard InChI is InChI=1S/2C16H12N6.2C2H3N.4BF4.2Fe.2H2O/c2*1-3-9-17-13(7-1)15-19-20-16(14-8-2-4-10-18-14)22(15)21-11-5-6-12-21;2*1-2-3;4*2-1(3,4)5;;;;/h2*1-12H;2*1H3;;;;;;;2*1H2/q;;;;4*-1;2*+2;;/p+2. The summed E-state index contributed by atoms with van der Waals surface area (Å²) in [5, 5.41) is 31.9. The Kier molecular flexibility index (Phi) is 36.0. The molecule has 8 heterocycles. The van der Waals surface area contributed by atoms with Crippen LogP contribution < -0.4 is 0 Å². The van der Waals surface area contributed by atoms with Gasteiger partial charge in [0.05, 0.1) is 12.1 Å². The SMILES string of the molecule is CC#N.CC#N.F[B-](F)(F)F.F[B-](F)(F)F.F[B-](F)(F)F.F[B-](F)(F)F.[Fe+2].[Fe+2].[OH3+].[OH3+].c1ccc(-c2nnc(-c3ccccn3)n2-n2cccc2)nc1.c1ccc(-c2nnc(-c3ccccn3)n2-n2cccc2)nc1. The molecule has 0 spiro atoms. The Hall–Kier alpha value is -7.48. The zero-order valence-corrected chi connectivity index (χ0v) is 39.5. The number of nitriles is 2. The molecule has 0 radical (unpaired) electrons. The Bertz CT molecular complexity index is 2370. The topological polar surface area (TPSA) is 236 Å². The molecule has 0 saturated carbocycles. The van der Waals surface area contributed by atoms with Gasteiger partial charge in [0, 0.05) is 63.4 Å². The molecule has 38 heteroatoms. The maximum atomic E-state index is 9.75. The van der Waals surface area contributed by atoms with Crippen molar-refractivity contribution in [2.24, 2.45) is 0 Å². The van der Waals surface area contributed by atoms with Crippen LogP contribution in [0.3, 0.4) is 0 Å². The molecule has 16 nitrogen and oxygen atoms in total. The van der Waals surface area contributed by atoms with Crippen molar-refractivity contribution in [2.45, 2.75) is 13.8 Å². The molecule has 0 fully saturated rings. The number of hydrogen-bond acceptors (Lipinski definition) is 10. The molecule has 400 valence electrons. The fraction of sp³-hybridized carbons (Fsp3) is 0.0556. The minimum absolute atomic E-state index is 0. The quantitative estimate of drug-likeness (QED) is 0.0868. The van der Waals surface area contributed by atoms with Crippen molar-refractivity contribution in [3.8, 4) is 58.2 Å². The Morgan fingerprint density at radius 1 is 0.351 bits per heavy atom. The van der Waals surface area contributed by atoms with E-state index in [0.717, 1.165) is 22.8 Å². The Morgan fingerprint density at radius 3 is 0.649 bits per heavy atom. The second-order valence-corrected chi connectivity index (χ2v) is 11.7. The predicted molar refractivity (Wildman–Crippen MR) is 236 cm³/mol. The van der Waals surface area contributed by atoms with E-state index in [4.69, 9.17) is 10.5 Å². The first-order valence-electron chi connectivity index (χ1n) is 18.6. The number of pyridine rings is 4. The van der Waals surface area contributed by atoms with Crippen LogP contribution in [0.2, 0.25) is 0 Å². The van der Waals surface area contributed by atoms with E-state index in [1.807, 2.05) is 141 Å². The van der Waals surface area contributed by atoms with Crippen molar-refractivity contribution < 1.29 is 114 Å². The Morgan fingerprint density at radius 2 is 0.514 bits per heavy atom. The van der Waals surface area contributed by atoms with Gasteiger partial charge in [-0.25, -0.2) is 9.35 Å². The van der Waals surface area contributed by atoms with Crippen LogP contribution in [0.4, 0.5) is 69.1 Å². The van der Waals surface area contributed by atoms with Gasteiger partial charge in [0.1, 0.15) is 22.8 Å². The summed E-state index contributed by atoms with van der Waals surface area (Å²) in [6, 6.07) is 34.1. The third-order valence-electron chi connectivity index (χ3n) is 6.50. The molecule has 0 saturated heterocycles. The summed E-state index contributed by atoms with van der Waals surface area (Å²) >= 11 is 0. The Labute approximate surface area is 430 Å². The van der Waals surface area contributed by atoms with Gasteiger partial charge in [0.15, 0.2) is 0 Å². The number of aromatic nitrogens is 12. The van der Waals surface area contributed by atoms with E-state index in [1.54, 1.807) is 36.9 Å². The van der Waals surface area contributed by atoms with Gasteiger partial charge >= 0.3 is 63.2 Å². The summed E-state index contributed by atoms with van der Waals surface area (Å²) in [6.07, 6.45) is 14.7. The van der Waals surface area contributed by atoms with Gasteiger partial charge in [-0.1, -0.05) is 24.3 Å². The van der Waals surface area contributed by atoms with Crippen LogP contribution in [0.15, 0.2) is 147 Å². The van der Waals surface area contributed by atoms with Crippen LogP contribution in [0.5, 0.6) is 0 Å². The van der Waals surface area contributed by atoms with E-state index in [1.165, 1.54) is 13.8 Å². The molecule has 74 heavy (non-hydrogen) atoms. The van der Waals surface area contributed by atoms with Crippen molar-refractivity contribution in [3.63, 3.8) is 0 Å². The van der Waals surface area contributed by atoms with E-state index < -0.39 is 29.0 Å². The van der Waals surface area contributed by atoms with E-state index in [0.29, 0.717) is 23.3 Å². The number of hydrogen-bond donors (Lipinski definition) is 0. The predicted octanol–water partition coefficient (Wildman–Crippen LogP) is 9.44. The average molecular weight is 1160 g/mol. The van der Waals surface area contributed by atoms with Crippen molar-refractivity contribution in [2.75, 3.05) is 0 Å². The average Bonchev–Trinajstić information content (AvgIpc) is 4.11. The van der Waals surface area contributed by atoms with Gasteiger partial charge in [-0.3, -0.25) is 29.3 Å². The summed E-state index contributed by atoms with van der Waals surface area (Å²) in [6.45, 7) is 2.86. The minimum atomic E-state index is -6.00. The second kappa shape index (κ2) is 36.4. The van der Waals surface area contributed by atoms with Crippen LogP contribution in [-0.4, -0.2) is 88.1 Å². The molecular weight excluding hydrogens is 1120 g/mol. The maximum Gasteiger partial charge on any atom is 2.00 e. The summed E-state index contributed by atoms with van der Waals surface area (Å²) in [4.78, 5) is 17.5. The molecule has 0 aromatic carbocycles. The van der Waals surface area contributed by atoms with E-state index >= 15 is 0 Å². The van der Waals surface area contributed by atoms with E-state index in [-0.39, 0.29) is 45.1 Å². The zero-order valence-electron chi connectivity index (χ0n) is 37.3. The van der Waals surface area contributed by atoms with E-state index in [9.17, 15) is 69.1 Å². The normalized spacial score (nSPS) is 9.84. The molecule has 0 unspecified atom stereocenters. The largest absolute Gasteiger partial charge is 2.00 e. The number of nitrogens with zero attached hydrogens (tertiary/aromatic N) is 14. The van der Waals surface area contributed by atoms with Gasteiger partial charge < -0.3 is 80.0 Å². The van der Waals surface area contributed by atoms with Crippen LogP contribution in [0, 0.1) is 22.7 Å². The summed E-state index contributed by atoms with van der Waals surface area (Å²) in [5.41, 5.74) is 3.02. The first kappa shape index (κ1) is 73.1. The zero-order chi connectivity index (χ0) is 53.0. The van der Waals surface area contributed by atoms with Crippen LogP contribution in [0.1, 0.15) is 13.8 Å². The minimum Gasteiger partial charge on any atom is -0.457 e. The smallest absolute Gasteiger partial charge is 0.457 e. The van der Waals surface area contributed by atoms with Crippen molar-refractivity contribution in [3.05, 3.63) is 147 Å². The van der Waals surface area contributed by atoms with E-state index in [2.05, 4.69) is 40.3 Å². The first-order chi connectivity index (χ1) is 32.7. The van der Waals surface area contributed by atoms with Crippen LogP contribution in [0.25, 0.3) is 46.1 Å². The van der Waals surface area contributed by atoms with Crippen molar-refractivity contribution >= 4 is 29.0 Å². The fourth-order valence-corrected chi connectivity index (χ4v) is 4.53. The van der Waals surface area contributed by atoms with Gasteiger partial charge in [-0.2, -0.15) is 10.5 Å². The molecule has 0 amide bonds. The maximum absolute atomic E-state index is 9.75. The molecule has 0 atom stereocenters. The molecule has 8 aromatic rings. The number of halogens is 16. The molecule has 0 bridgehead atoms. The third-order valence-corrected chi connectivity index (χ3v) is 6.50. The molecule has 0 aliphatic rings. The number of rotatable bonds is 6. The second-order valence-electron chi connectivity index (χ2n) is 11.7. The molecule has 8 aromatic heterocycles. The molecule has 0 aliphatic carbocycles. The van der Waals surface area contributed by atoms with Gasteiger partial charge in [-0.15, -0.1) is 20.4 Å². The fourth-order valence-electron chi connectivity index (χ4n) is 4.53. The van der Waals surface area contributed by atoms with Gasteiger partial charge in [-0.05, 0) is 72.8 Å². The van der Waals surface area contributed by atoms with Crippen LogP contribution in [-0.2, 0) is 45.1 Å². The third kappa shape index (κ3) is 33.2. The molecule has 8 rings (SSSR count). The van der Waals surface area contributed by atoms with Crippen LogP contribution >= 0.6 is 0 Å². The molecule has 0 aliphatic heterocycles. The van der Waals surface area contributed by atoms with Crippen molar-refractivity contribution in [1.29, 1.82) is 10.5 Å². The van der Waals surface area contributed by atoms with Crippen molar-refractivity contribution in [1.82, 2.24) is 59.0 Å². The summed E-state index contributed by atoms with van der Waals surface area (Å²) in [7, 11) is -24.0.